The molecule has 0 aliphatic carbocycles. The van der Waals surface area contributed by atoms with E-state index in [0.29, 0.717) is 5.92 Å². The molecule has 0 spiro atoms. The van der Waals surface area contributed by atoms with E-state index >= 15 is 0 Å². The highest BCUT2D eigenvalue weighted by Crippen LogP contribution is 2.13. The first-order chi connectivity index (χ1) is 9.55. The molecule has 0 aliphatic rings. The second-order valence-electron chi connectivity index (χ2n) is 6.10. The Hall–Kier alpha value is -0.450. The van der Waals surface area contributed by atoms with Crippen molar-refractivity contribution in [1.29, 1.82) is 0 Å². The highest BCUT2D eigenvalue weighted by Gasteiger charge is 2.10. The molecule has 0 radical (unpaired) electrons. The standard InChI is InChI=1S/C16H31N3S/c1-6-14(5)10-19(7-2)11-15-12-20-16(18-15)9-17-8-13(3)4/h12-14,17H,6-11H2,1-5H3. The third-order valence-corrected chi connectivity index (χ3v) is 4.43. The molecule has 1 heterocycles. The van der Waals surface area contributed by atoms with E-state index in [-0.39, 0.29) is 0 Å². The Morgan fingerprint density at radius 2 is 2.05 bits per heavy atom. The number of nitrogens with one attached hydrogen (secondary N) is 1. The number of nitrogens with zero attached hydrogens (tertiary/aromatic N) is 2. The van der Waals surface area contributed by atoms with Gasteiger partial charge in [0, 0.05) is 25.0 Å². The zero-order valence-corrected chi connectivity index (χ0v) is 14.6. The van der Waals surface area contributed by atoms with Crippen molar-refractivity contribution in [2.75, 3.05) is 19.6 Å². The molecule has 1 rings (SSSR count). The second kappa shape index (κ2) is 9.48. The molecule has 1 aromatic rings. The third kappa shape index (κ3) is 6.82. The van der Waals surface area contributed by atoms with Crippen LogP contribution in [0, 0.1) is 11.8 Å². The Bertz CT molecular complexity index is 362. The predicted octanol–water partition coefficient (Wildman–Crippen LogP) is 3.76. The van der Waals surface area contributed by atoms with Crippen LogP contribution in [0.3, 0.4) is 0 Å². The van der Waals surface area contributed by atoms with Gasteiger partial charge >= 0.3 is 0 Å². The van der Waals surface area contributed by atoms with Crippen LogP contribution in [-0.2, 0) is 13.1 Å². The summed E-state index contributed by atoms with van der Waals surface area (Å²) in [4.78, 5) is 7.24. The lowest BCUT2D eigenvalue weighted by molar-refractivity contribution is 0.236. The SMILES string of the molecule is CCC(C)CN(CC)Cc1csc(CNCC(C)C)n1. The van der Waals surface area contributed by atoms with Crippen molar-refractivity contribution in [3.05, 3.63) is 16.1 Å². The van der Waals surface area contributed by atoms with E-state index in [2.05, 4.69) is 50.2 Å². The molecule has 1 aromatic heterocycles. The lowest BCUT2D eigenvalue weighted by atomic mass is 10.1. The summed E-state index contributed by atoms with van der Waals surface area (Å²) in [6.07, 6.45) is 1.25. The van der Waals surface area contributed by atoms with E-state index in [1.54, 1.807) is 11.3 Å². The average molecular weight is 298 g/mol. The van der Waals surface area contributed by atoms with Gasteiger partial charge in [-0.25, -0.2) is 4.98 Å². The van der Waals surface area contributed by atoms with E-state index in [1.807, 2.05) is 0 Å². The van der Waals surface area contributed by atoms with Gasteiger partial charge in [-0.2, -0.15) is 0 Å². The Morgan fingerprint density at radius 1 is 1.30 bits per heavy atom. The first-order valence-electron chi connectivity index (χ1n) is 7.91. The van der Waals surface area contributed by atoms with Crippen LogP contribution < -0.4 is 5.32 Å². The van der Waals surface area contributed by atoms with Crippen LogP contribution in [0.5, 0.6) is 0 Å². The number of aromatic nitrogens is 1. The van der Waals surface area contributed by atoms with Gasteiger partial charge < -0.3 is 5.32 Å². The van der Waals surface area contributed by atoms with Gasteiger partial charge in [0.1, 0.15) is 5.01 Å². The molecule has 1 N–H and O–H groups in total. The summed E-state index contributed by atoms with van der Waals surface area (Å²) in [5, 5.41) is 6.88. The van der Waals surface area contributed by atoms with Crippen LogP contribution in [0.4, 0.5) is 0 Å². The van der Waals surface area contributed by atoms with Crippen molar-refractivity contribution >= 4 is 11.3 Å². The van der Waals surface area contributed by atoms with Crippen LogP contribution in [-0.4, -0.2) is 29.5 Å². The smallest absolute Gasteiger partial charge is 0.107 e. The monoisotopic (exact) mass is 297 g/mol. The largest absolute Gasteiger partial charge is 0.310 e. The van der Waals surface area contributed by atoms with Crippen molar-refractivity contribution in [3.63, 3.8) is 0 Å². The van der Waals surface area contributed by atoms with Crippen LogP contribution in [0.2, 0.25) is 0 Å². The summed E-state index contributed by atoms with van der Waals surface area (Å²) in [7, 11) is 0. The van der Waals surface area contributed by atoms with Crippen molar-refractivity contribution in [2.24, 2.45) is 11.8 Å². The number of thiazole rings is 1. The maximum atomic E-state index is 4.74. The van der Waals surface area contributed by atoms with Crippen molar-refractivity contribution < 1.29 is 0 Å². The summed E-state index contributed by atoms with van der Waals surface area (Å²) in [5.74, 6) is 1.46. The third-order valence-electron chi connectivity index (χ3n) is 3.53. The predicted molar refractivity (Wildman–Crippen MR) is 89.1 cm³/mol. The molecular formula is C16H31N3S. The second-order valence-corrected chi connectivity index (χ2v) is 7.04. The fraction of sp³-hybridized carbons (Fsp3) is 0.812. The molecule has 3 nitrogen and oxygen atoms in total. The first kappa shape index (κ1) is 17.6. The van der Waals surface area contributed by atoms with Crippen molar-refractivity contribution in [1.82, 2.24) is 15.2 Å². The zero-order valence-electron chi connectivity index (χ0n) is 13.8. The highest BCUT2D eigenvalue weighted by molar-refractivity contribution is 7.09. The van der Waals surface area contributed by atoms with Crippen LogP contribution in [0.25, 0.3) is 0 Å². The summed E-state index contributed by atoms with van der Waals surface area (Å²) in [5.41, 5.74) is 1.22. The van der Waals surface area contributed by atoms with Gasteiger partial charge in [0.05, 0.1) is 5.69 Å². The van der Waals surface area contributed by atoms with Gasteiger partial charge in [0.15, 0.2) is 0 Å². The van der Waals surface area contributed by atoms with E-state index in [0.717, 1.165) is 32.1 Å². The fourth-order valence-electron chi connectivity index (χ4n) is 2.07. The van der Waals surface area contributed by atoms with Gasteiger partial charge in [-0.15, -0.1) is 11.3 Å². The highest BCUT2D eigenvalue weighted by atomic mass is 32.1. The van der Waals surface area contributed by atoms with Crippen molar-refractivity contribution in [3.8, 4) is 0 Å². The number of rotatable bonds is 10. The molecule has 0 aliphatic heterocycles. The first-order valence-corrected chi connectivity index (χ1v) is 8.79. The summed E-state index contributed by atoms with van der Waals surface area (Å²) in [6, 6.07) is 0. The molecular weight excluding hydrogens is 266 g/mol. The summed E-state index contributed by atoms with van der Waals surface area (Å²) < 4.78 is 0. The molecule has 0 bridgehead atoms. The minimum absolute atomic E-state index is 0.695. The van der Waals surface area contributed by atoms with Gasteiger partial charge in [-0.1, -0.05) is 41.0 Å². The van der Waals surface area contributed by atoms with Crippen LogP contribution in [0.15, 0.2) is 5.38 Å². The Morgan fingerprint density at radius 3 is 2.65 bits per heavy atom. The zero-order chi connectivity index (χ0) is 15.0. The molecule has 1 atom stereocenters. The topological polar surface area (TPSA) is 28.2 Å². The maximum Gasteiger partial charge on any atom is 0.107 e. The molecule has 1 unspecified atom stereocenters. The minimum Gasteiger partial charge on any atom is -0.310 e. The maximum absolute atomic E-state index is 4.74. The van der Waals surface area contributed by atoms with Crippen LogP contribution in [0.1, 0.15) is 51.7 Å². The normalized spacial score (nSPS) is 13.3. The molecule has 4 heteroatoms. The lowest BCUT2D eigenvalue weighted by Gasteiger charge is -2.22. The number of hydrogen-bond acceptors (Lipinski definition) is 4. The Balaban J connectivity index is 2.41. The van der Waals surface area contributed by atoms with Crippen molar-refractivity contribution in [2.45, 2.75) is 54.1 Å². The summed E-state index contributed by atoms with van der Waals surface area (Å²) in [6.45, 7) is 16.5. The fourth-order valence-corrected chi connectivity index (χ4v) is 2.83. The molecule has 116 valence electrons. The van der Waals surface area contributed by atoms with E-state index in [9.17, 15) is 0 Å². The Kier molecular flexibility index (Phi) is 8.34. The molecule has 0 amide bonds. The molecule has 0 saturated heterocycles. The van der Waals surface area contributed by atoms with Gasteiger partial charge in [0.2, 0.25) is 0 Å². The molecule has 0 fully saturated rings. The average Bonchev–Trinajstić information content (AvgIpc) is 2.85. The van der Waals surface area contributed by atoms with E-state index in [1.165, 1.54) is 23.7 Å². The lowest BCUT2D eigenvalue weighted by Crippen LogP contribution is -2.28. The summed E-state index contributed by atoms with van der Waals surface area (Å²) >= 11 is 1.78. The quantitative estimate of drug-likeness (QED) is 0.713. The number of hydrogen-bond donors (Lipinski definition) is 1. The van der Waals surface area contributed by atoms with Crippen LogP contribution >= 0.6 is 11.3 Å². The van der Waals surface area contributed by atoms with Gasteiger partial charge in [0.25, 0.3) is 0 Å². The van der Waals surface area contributed by atoms with Gasteiger partial charge in [-0.3, -0.25) is 4.90 Å². The van der Waals surface area contributed by atoms with E-state index < -0.39 is 0 Å². The minimum atomic E-state index is 0.695. The van der Waals surface area contributed by atoms with E-state index in [4.69, 9.17) is 4.98 Å². The molecule has 0 aromatic carbocycles. The molecule has 0 saturated carbocycles. The molecule has 20 heavy (non-hydrogen) atoms. The van der Waals surface area contributed by atoms with Gasteiger partial charge in [-0.05, 0) is 24.9 Å². The Labute approximate surface area is 128 Å².